The van der Waals surface area contributed by atoms with Crippen LogP contribution in [0.1, 0.15) is 68.2 Å². The van der Waals surface area contributed by atoms with Crippen LogP contribution in [0.3, 0.4) is 0 Å². The van der Waals surface area contributed by atoms with E-state index < -0.39 is 0 Å². The summed E-state index contributed by atoms with van der Waals surface area (Å²) in [6, 6.07) is 0. The van der Waals surface area contributed by atoms with Crippen LogP contribution in [0.15, 0.2) is 0 Å². The van der Waals surface area contributed by atoms with Gasteiger partial charge in [0.15, 0.2) is 0 Å². The van der Waals surface area contributed by atoms with E-state index in [0.717, 1.165) is 13.0 Å². The number of carbonyl (C=O) groups is 1. The minimum Gasteiger partial charge on any atom is -0.375 e. The van der Waals surface area contributed by atoms with Gasteiger partial charge in [0.05, 0.1) is 5.60 Å². The smallest absolute Gasteiger partial charge is 0.220 e. The highest BCUT2D eigenvalue weighted by atomic mass is 31.0. The quantitative estimate of drug-likeness (QED) is 0.693. The lowest BCUT2D eigenvalue weighted by molar-refractivity contribution is -0.124. The number of nitrogens with one attached hydrogen (secondary N) is 1. The first-order chi connectivity index (χ1) is 8.87. The molecule has 0 radical (unpaired) electrons. The molecule has 0 heterocycles. The molecule has 0 aromatic heterocycles. The highest BCUT2D eigenvalue weighted by Crippen LogP contribution is 2.43. The summed E-state index contributed by atoms with van der Waals surface area (Å²) >= 11 is 0. The molecule has 0 bridgehead atoms. The molecule has 2 unspecified atom stereocenters. The van der Waals surface area contributed by atoms with E-state index in [4.69, 9.17) is 4.74 Å². The van der Waals surface area contributed by atoms with Crippen LogP contribution in [-0.4, -0.2) is 28.8 Å². The van der Waals surface area contributed by atoms with Crippen LogP contribution in [0.2, 0.25) is 0 Å². The van der Waals surface area contributed by atoms with Gasteiger partial charge < -0.3 is 10.1 Å². The molecule has 1 N–H and O–H groups in total. The molecule has 20 heavy (non-hydrogen) atoms. The molecule has 0 spiro atoms. The van der Waals surface area contributed by atoms with Crippen LogP contribution in [0, 0.1) is 5.92 Å². The molecule has 0 aliphatic rings. The van der Waals surface area contributed by atoms with Crippen molar-refractivity contribution in [3.8, 4) is 0 Å². The average Bonchev–Trinajstić information content (AvgIpc) is 2.26. The second kappa shape index (κ2) is 7.22. The van der Waals surface area contributed by atoms with Crippen LogP contribution in [-0.2, 0) is 9.53 Å². The summed E-state index contributed by atoms with van der Waals surface area (Å²) < 4.78 is 6.13. The third kappa shape index (κ3) is 5.00. The molecule has 0 saturated carbocycles. The van der Waals surface area contributed by atoms with Gasteiger partial charge >= 0.3 is 0 Å². The fourth-order valence-electron chi connectivity index (χ4n) is 2.02. The van der Waals surface area contributed by atoms with Gasteiger partial charge in [-0.1, -0.05) is 27.7 Å². The largest absolute Gasteiger partial charge is 0.375 e. The molecule has 0 aromatic carbocycles. The van der Waals surface area contributed by atoms with E-state index in [1.807, 2.05) is 6.92 Å². The maximum atomic E-state index is 11.7. The van der Waals surface area contributed by atoms with E-state index in [-0.39, 0.29) is 22.2 Å². The van der Waals surface area contributed by atoms with Crippen molar-refractivity contribution >= 4 is 15.1 Å². The molecular weight excluding hydrogens is 269 g/mol. The van der Waals surface area contributed by atoms with Crippen molar-refractivity contribution in [2.75, 3.05) is 6.61 Å². The minimum atomic E-state index is -0.369. The Balaban J connectivity index is 4.92. The first kappa shape index (κ1) is 19.9. The van der Waals surface area contributed by atoms with Crippen molar-refractivity contribution in [3.05, 3.63) is 0 Å². The molecule has 3 nitrogen and oxygen atoms in total. The molecule has 0 rings (SSSR count). The van der Waals surface area contributed by atoms with Crippen LogP contribution < -0.4 is 5.32 Å². The van der Waals surface area contributed by atoms with Gasteiger partial charge in [-0.15, -0.1) is 9.24 Å². The van der Waals surface area contributed by atoms with Crippen molar-refractivity contribution in [1.29, 1.82) is 0 Å². The summed E-state index contributed by atoms with van der Waals surface area (Å²) in [5, 5.41) is 2.84. The summed E-state index contributed by atoms with van der Waals surface area (Å²) in [5.74, 6) is 0.705. The SMILES string of the molecule is CCC(=O)NC(C)(C)C(C)(P)C(C)(C)OCCC(C)C. The Morgan fingerprint density at radius 2 is 1.70 bits per heavy atom. The zero-order valence-electron chi connectivity index (χ0n) is 14.6. The maximum Gasteiger partial charge on any atom is 0.220 e. The van der Waals surface area contributed by atoms with E-state index >= 15 is 0 Å². The number of hydrogen-bond acceptors (Lipinski definition) is 2. The zero-order valence-corrected chi connectivity index (χ0v) is 15.7. The van der Waals surface area contributed by atoms with Crippen molar-refractivity contribution in [3.63, 3.8) is 0 Å². The topological polar surface area (TPSA) is 38.3 Å². The second-order valence-electron chi connectivity index (χ2n) is 7.27. The molecule has 0 aliphatic carbocycles. The third-order valence-electron chi connectivity index (χ3n) is 4.48. The second-order valence-corrected chi connectivity index (χ2v) is 8.43. The fourth-order valence-corrected chi connectivity index (χ4v) is 2.17. The van der Waals surface area contributed by atoms with Gasteiger partial charge in [0.1, 0.15) is 0 Å². The number of ether oxygens (including phenoxy) is 1. The molecule has 4 heteroatoms. The first-order valence-electron chi connectivity index (χ1n) is 7.61. The first-order valence-corrected chi connectivity index (χ1v) is 8.19. The monoisotopic (exact) mass is 303 g/mol. The van der Waals surface area contributed by atoms with Gasteiger partial charge in [-0.3, -0.25) is 4.79 Å². The van der Waals surface area contributed by atoms with E-state index in [9.17, 15) is 4.79 Å². The number of hydrogen-bond donors (Lipinski definition) is 1. The van der Waals surface area contributed by atoms with Gasteiger partial charge in [-0.2, -0.15) is 0 Å². The summed E-state index contributed by atoms with van der Waals surface area (Å²) in [7, 11) is 2.90. The van der Waals surface area contributed by atoms with E-state index in [2.05, 4.69) is 63.0 Å². The summed E-state index contributed by atoms with van der Waals surface area (Å²) in [6.45, 7) is 17.4. The number of amides is 1. The lowest BCUT2D eigenvalue weighted by Gasteiger charge is -2.51. The van der Waals surface area contributed by atoms with Crippen LogP contribution >= 0.6 is 9.24 Å². The van der Waals surface area contributed by atoms with Gasteiger partial charge in [-0.05, 0) is 40.0 Å². The maximum absolute atomic E-state index is 11.7. The molecular formula is C16H34NO2P. The molecule has 0 aliphatic heterocycles. The Morgan fingerprint density at radius 3 is 2.10 bits per heavy atom. The number of rotatable bonds is 8. The zero-order chi connectivity index (χ0) is 16.2. The Labute approximate surface area is 127 Å². The molecule has 0 fully saturated rings. The summed E-state index contributed by atoms with van der Waals surface area (Å²) in [5.41, 5.74) is -0.719. The Bertz CT molecular complexity index is 322. The van der Waals surface area contributed by atoms with Crippen molar-refractivity contribution in [1.82, 2.24) is 5.32 Å². The molecule has 120 valence electrons. The predicted octanol–water partition coefficient (Wildman–Crippen LogP) is 3.77. The highest BCUT2D eigenvalue weighted by Gasteiger charge is 2.49. The summed E-state index contributed by atoms with van der Waals surface area (Å²) in [6.07, 6.45) is 1.55. The van der Waals surface area contributed by atoms with Crippen molar-refractivity contribution < 1.29 is 9.53 Å². The highest BCUT2D eigenvalue weighted by molar-refractivity contribution is 7.19. The van der Waals surface area contributed by atoms with E-state index in [1.165, 1.54) is 0 Å². The van der Waals surface area contributed by atoms with Crippen molar-refractivity contribution in [2.24, 2.45) is 5.92 Å². The normalized spacial score (nSPS) is 16.1. The summed E-state index contributed by atoms with van der Waals surface area (Å²) in [4.78, 5) is 11.7. The van der Waals surface area contributed by atoms with Gasteiger partial charge in [0.2, 0.25) is 5.91 Å². The van der Waals surface area contributed by atoms with E-state index in [0.29, 0.717) is 12.3 Å². The van der Waals surface area contributed by atoms with E-state index in [1.54, 1.807) is 0 Å². The molecule has 0 aromatic rings. The van der Waals surface area contributed by atoms with Crippen LogP contribution in [0.25, 0.3) is 0 Å². The lowest BCUT2D eigenvalue weighted by atomic mass is 9.76. The Morgan fingerprint density at radius 1 is 1.20 bits per heavy atom. The molecule has 1 amide bonds. The number of carbonyl (C=O) groups excluding carboxylic acids is 1. The lowest BCUT2D eigenvalue weighted by Crippen LogP contribution is -2.65. The Hall–Kier alpha value is -0.140. The Kier molecular flexibility index (Phi) is 7.17. The third-order valence-corrected chi connectivity index (χ3v) is 5.90. The van der Waals surface area contributed by atoms with Crippen LogP contribution in [0.5, 0.6) is 0 Å². The van der Waals surface area contributed by atoms with Crippen molar-refractivity contribution in [2.45, 2.75) is 84.5 Å². The predicted molar refractivity (Wildman–Crippen MR) is 90.1 cm³/mol. The standard InChI is InChI=1S/C16H34NO2P/c1-9-13(18)17-14(4,5)16(8,20)15(6,7)19-11-10-12(2)3/h12H,9-11,20H2,1-8H3,(H,17,18). The molecule has 2 atom stereocenters. The van der Waals surface area contributed by atoms with Crippen LogP contribution in [0.4, 0.5) is 0 Å². The molecule has 0 saturated heterocycles. The fraction of sp³-hybridized carbons (Fsp3) is 0.938. The van der Waals surface area contributed by atoms with Gasteiger partial charge in [-0.25, -0.2) is 0 Å². The van der Waals surface area contributed by atoms with Gasteiger partial charge in [0, 0.05) is 23.7 Å². The minimum absolute atomic E-state index is 0.0710. The van der Waals surface area contributed by atoms with Gasteiger partial charge in [0.25, 0.3) is 0 Å². The average molecular weight is 303 g/mol.